The number of rotatable bonds is 4. The third-order valence-corrected chi connectivity index (χ3v) is 3.16. The minimum Gasteiger partial charge on any atom is -0.505 e. The van der Waals surface area contributed by atoms with Crippen molar-refractivity contribution in [2.24, 2.45) is 0 Å². The summed E-state index contributed by atoms with van der Waals surface area (Å²) >= 11 is 0. The molecule has 1 aliphatic rings. The Hall–Kier alpha value is -1.13. The minimum atomic E-state index is -0.546. The van der Waals surface area contributed by atoms with Gasteiger partial charge in [-0.05, 0) is 44.1 Å². The Morgan fingerprint density at radius 1 is 1.53 bits per heavy atom. The predicted octanol–water partition coefficient (Wildman–Crippen LogP) is 1.72. The van der Waals surface area contributed by atoms with E-state index in [0.717, 1.165) is 18.7 Å². The smallest absolute Gasteiger partial charge is 0.165 e. The van der Waals surface area contributed by atoms with Crippen molar-refractivity contribution in [3.63, 3.8) is 0 Å². The maximum Gasteiger partial charge on any atom is 0.165 e. The van der Waals surface area contributed by atoms with Crippen molar-refractivity contribution >= 4 is 0 Å². The summed E-state index contributed by atoms with van der Waals surface area (Å²) in [6.45, 7) is 2.78. The molecule has 2 N–H and O–H groups in total. The van der Waals surface area contributed by atoms with E-state index >= 15 is 0 Å². The maximum atomic E-state index is 13.2. The van der Waals surface area contributed by atoms with E-state index in [2.05, 4.69) is 10.2 Å². The second-order valence-corrected chi connectivity index (χ2v) is 4.78. The van der Waals surface area contributed by atoms with Gasteiger partial charge in [0.1, 0.15) is 0 Å². The van der Waals surface area contributed by atoms with Crippen LogP contribution in [0.1, 0.15) is 18.4 Å². The normalized spacial score (nSPS) is 20.1. The summed E-state index contributed by atoms with van der Waals surface area (Å²) in [5.41, 5.74) is 0.890. The van der Waals surface area contributed by atoms with Gasteiger partial charge in [-0.25, -0.2) is 4.39 Å². The number of nitrogens with zero attached hydrogens (tertiary/aromatic N) is 1. The largest absolute Gasteiger partial charge is 0.505 e. The molecule has 4 heteroatoms. The Balaban J connectivity index is 1.88. The molecule has 0 spiro atoms. The van der Waals surface area contributed by atoms with E-state index in [1.165, 1.54) is 25.0 Å². The van der Waals surface area contributed by atoms with Crippen molar-refractivity contribution in [2.45, 2.75) is 25.4 Å². The summed E-state index contributed by atoms with van der Waals surface area (Å²) in [6.07, 6.45) is 2.46. The number of likely N-dealkylation sites (N-methyl/N-ethyl adjacent to an activating group) is 1. The molecule has 0 aromatic heterocycles. The zero-order chi connectivity index (χ0) is 12.3. The highest BCUT2D eigenvalue weighted by atomic mass is 19.1. The molecule has 2 rings (SSSR count). The zero-order valence-corrected chi connectivity index (χ0v) is 10.1. The molecule has 94 valence electrons. The molecule has 0 saturated carbocycles. The van der Waals surface area contributed by atoms with Crippen LogP contribution in [0, 0.1) is 5.82 Å². The third-order valence-electron chi connectivity index (χ3n) is 3.16. The number of halogens is 1. The van der Waals surface area contributed by atoms with Crippen LogP contribution in [0.4, 0.5) is 4.39 Å². The minimum absolute atomic E-state index is 0.283. The van der Waals surface area contributed by atoms with Crippen LogP contribution in [0.5, 0.6) is 5.75 Å². The Morgan fingerprint density at radius 2 is 2.35 bits per heavy atom. The summed E-state index contributed by atoms with van der Waals surface area (Å²) in [5, 5.41) is 12.5. The van der Waals surface area contributed by atoms with Gasteiger partial charge < -0.3 is 15.3 Å². The Kier molecular flexibility index (Phi) is 3.97. The highest BCUT2D eigenvalue weighted by Crippen LogP contribution is 2.17. The lowest BCUT2D eigenvalue weighted by atomic mass is 10.1. The number of phenols is 1. The van der Waals surface area contributed by atoms with Crippen molar-refractivity contribution in [3.8, 4) is 5.75 Å². The first-order valence-corrected chi connectivity index (χ1v) is 6.04. The second kappa shape index (κ2) is 5.47. The van der Waals surface area contributed by atoms with Crippen LogP contribution in [0.2, 0.25) is 0 Å². The number of nitrogens with one attached hydrogen (secondary N) is 1. The van der Waals surface area contributed by atoms with E-state index in [1.54, 1.807) is 6.07 Å². The van der Waals surface area contributed by atoms with Crippen LogP contribution in [0.15, 0.2) is 18.2 Å². The Bertz CT molecular complexity index is 378. The molecule has 3 nitrogen and oxygen atoms in total. The third kappa shape index (κ3) is 3.41. The van der Waals surface area contributed by atoms with Crippen LogP contribution >= 0.6 is 0 Å². The average molecular weight is 238 g/mol. The van der Waals surface area contributed by atoms with Gasteiger partial charge in [0.2, 0.25) is 0 Å². The van der Waals surface area contributed by atoms with Crippen LogP contribution in [0.25, 0.3) is 0 Å². The first-order valence-electron chi connectivity index (χ1n) is 6.04. The molecule has 17 heavy (non-hydrogen) atoms. The zero-order valence-electron chi connectivity index (χ0n) is 10.1. The average Bonchev–Trinajstić information content (AvgIpc) is 2.76. The van der Waals surface area contributed by atoms with Crippen LogP contribution in [-0.2, 0) is 6.54 Å². The van der Waals surface area contributed by atoms with Crippen molar-refractivity contribution < 1.29 is 9.50 Å². The van der Waals surface area contributed by atoms with Gasteiger partial charge in [-0.2, -0.15) is 0 Å². The number of phenolic OH excluding ortho intramolecular Hbond substituents is 1. The van der Waals surface area contributed by atoms with Gasteiger partial charge in [0.15, 0.2) is 11.6 Å². The van der Waals surface area contributed by atoms with Crippen LogP contribution in [0.3, 0.4) is 0 Å². The van der Waals surface area contributed by atoms with Gasteiger partial charge >= 0.3 is 0 Å². The maximum absolute atomic E-state index is 13.2. The second-order valence-electron chi connectivity index (χ2n) is 4.78. The standard InChI is InChI=1S/C13H19FN2O/c1-16(9-11-3-2-6-15-11)8-10-4-5-13(17)12(14)7-10/h4-5,7,11,15,17H,2-3,6,8-9H2,1H3. The lowest BCUT2D eigenvalue weighted by Gasteiger charge is -2.21. The van der Waals surface area contributed by atoms with Gasteiger partial charge in [-0.15, -0.1) is 0 Å². The molecule has 0 radical (unpaired) electrons. The van der Waals surface area contributed by atoms with Gasteiger partial charge in [-0.1, -0.05) is 6.07 Å². The fourth-order valence-corrected chi connectivity index (χ4v) is 2.31. The fourth-order valence-electron chi connectivity index (χ4n) is 2.31. The monoisotopic (exact) mass is 238 g/mol. The summed E-state index contributed by atoms with van der Waals surface area (Å²) in [7, 11) is 2.03. The highest BCUT2D eigenvalue weighted by Gasteiger charge is 2.16. The Labute approximate surface area is 101 Å². The molecule has 0 bridgehead atoms. The fraction of sp³-hybridized carbons (Fsp3) is 0.538. The van der Waals surface area contributed by atoms with Crippen molar-refractivity contribution in [1.29, 1.82) is 0 Å². The molecule has 1 atom stereocenters. The number of aromatic hydroxyl groups is 1. The first-order chi connectivity index (χ1) is 8.15. The summed E-state index contributed by atoms with van der Waals surface area (Å²) < 4.78 is 13.2. The van der Waals surface area contributed by atoms with Gasteiger partial charge in [0.05, 0.1) is 0 Å². The molecular formula is C13H19FN2O. The van der Waals surface area contributed by atoms with E-state index in [1.807, 2.05) is 7.05 Å². The van der Waals surface area contributed by atoms with Gasteiger partial charge in [-0.3, -0.25) is 0 Å². The summed E-state index contributed by atoms with van der Waals surface area (Å²) in [4.78, 5) is 2.18. The number of hydrogen-bond donors (Lipinski definition) is 2. The molecule has 1 aromatic rings. The van der Waals surface area contributed by atoms with Crippen molar-refractivity contribution in [2.75, 3.05) is 20.1 Å². The first kappa shape index (κ1) is 12.3. The Morgan fingerprint density at radius 3 is 3.00 bits per heavy atom. The molecule has 1 aliphatic heterocycles. The van der Waals surface area contributed by atoms with Crippen molar-refractivity contribution in [1.82, 2.24) is 10.2 Å². The summed E-state index contributed by atoms with van der Waals surface area (Å²) in [6, 6.07) is 5.12. The number of hydrogen-bond acceptors (Lipinski definition) is 3. The van der Waals surface area contributed by atoms with E-state index in [9.17, 15) is 4.39 Å². The molecule has 0 amide bonds. The molecule has 1 saturated heterocycles. The molecule has 1 aromatic carbocycles. The lowest BCUT2D eigenvalue weighted by molar-refractivity contribution is 0.292. The quantitative estimate of drug-likeness (QED) is 0.838. The van der Waals surface area contributed by atoms with Crippen LogP contribution in [-0.4, -0.2) is 36.2 Å². The topological polar surface area (TPSA) is 35.5 Å². The molecule has 1 heterocycles. The van der Waals surface area contributed by atoms with Crippen molar-refractivity contribution in [3.05, 3.63) is 29.6 Å². The van der Waals surface area contributed by atoms with E-state index in [0.29, 0.717) is 12.6 Å². The van der Waals surface area contributed by atoms with Crippen LogP contribution < -0.4 is 5.32 Å². The summed E-state index contributed by atoms with van der Waals surface area (Å²) in [5.74, 6) is -0.830. The SMILES string of the molecule is CN(Cc1ccc(O)c(F)c1)CC1CCCN1. The van der Waals surface area contributed by atoms with Gasteiger partial charge in [0.25, 0.3) is 0 Å². The van der Waals surface area contributed by atoms with Gasteiger partial charge in [0, 0.05) is 19.1 Å². The lowest BCUT2D eigenvalue weighted by Crippen LogP contribution is -2.34. The molecule has 1 fully saturated rings. The molecule has 0 aliphatic carbocycles. The van der Waals surface area contributed by atoms with E-state index < -0.39 is 5.82 Å². The predicted molar refractivity (Wildman–Crippen MR) is 65.4 cm³/mol. The highest BCUT2D eigenvalue weighted by molar-refractivity contribution is 5.27. The van der Waals surface area contributed by atoms with E-state index in [-0.39, 0.29) is 5.75 Å². The molecular weight excluding hydrogens is 219 g/mol. The van der Waals surface area contributed by atoms with E-state index in [4.69, 9.17) is 5.11 Å². The molecule has 1 unspecified atom stereocenters. The number of benzene rings is 1.